The Morgan fingerprint density at radius 1 is 1.53 bits per heavy atom. The summed E-state index contributed by atoms with van der Waals surface area (Å²) >= 11 is 0. The number of aromatic nitrogens is 1. The molecule has 5 nitrogen and oxygen atoms in total. The van der Waals surface area contributed by atoms with Crippen molar-refractivity contribution in [3.05, 3.63) is 18.3 Å². The first-order chi connectivity index (χ1) is 9.02. The number of piperidine rings is 1. The third-order valence-corrected chi connectivity index (χ3v) is 4.66. The van der Waals surface area contributed by atoms with Crippen molar-refractivity contribution in [3.63, 3.8) is 0 Å². The van der Waals surface area contributed by atoms with Crippen molar-refractivity contribution in [1.82, 2.24) is 4.98 Å². The fraction of sp³-hybridized carbons (Fsp3) is 0.615. The second-order valence-corrected chi connectivity index (χ2v) is 7.11. The molecular weight excluding hydrogens is 262 g/mol. The van der Waals surface area contributed by atoms with Crippen LogP contribution in [-0.4, -0.2) is 39.3 Å². The predicted octanol–water partition coefficient (Wildman–Crippen LogP) is 1.05. The monoisotopic (exact) mass is 283 g/mol. The van der Waals surface area contributed by atoms with Gasteiger partial charge in [0.15, 0.2) is 9.84 Å². The van der Waals surface area contributed by atoms with Gasteiger partial charge in [-0.05, 0) is 43.9 Å². The normalized spacial score (nSPS) is 20.5. The molecule has 2 heterocycles. The van der Waals surface area contributed by atoms with Crippen molar-refractivity contribution in [2.24, 2.45) is 11.7 Å². The fourth-order valence-corrected chi connectivity index (χ4v) is 3.48. The van der Waals surface area contributed by atoms with Gasteiger partial charge < -0.3 is 10.6 Å². The molecule has 0 aromatic carbocycles. The number of hydrogen-bond acceptors (Lipinski definition) is 5. The highest BCUT2D eigenvalue weighted by Gasteiger charge is 2.24. The number of hydrogen-bond donors (Lipinski definition) is 1. The molecule has 0 bridgehead atoms. The van der Waals surface area contributed by atoms with Crippen LogP contribution in [0.1, 0.15) is 19.3 Å². The van der Waals surface area contributed by atoms with Crippen LogP contribution in [0.5, 0.6) is 0 Å². The number of anilines is 1. The molecule has 0 spiro atoms. The number of pyridine rings is 1. The third-order valence-electron chi connectivity index (χ3n) is 3.54. The van der Waals surface area contributed by atoms with Crippen molar-refractivity contribution in [2.45, 2.75) is 24.2 Å². The maximum Gasteiger partial charge on any atom is 0.179 e. The zero-order valence-electron chi connectivity index (χ0n) is 11.2. The molecule has 1 aromatic rings. The first-order valence-corrected chi connectivity index (χ1v) is 8.51. The summed E-state index contributed by atoms with van der Waals surface area (Å²) in [5.41, 5.74) is 5.61. The van der Waals surface area contributed by atoms with Gasteiger partial charge in [-0.25, -0.2) is 13.4 Å². The second-order valence-electron chi connectivity index (χ2n) is 5.13. The average Bonchev–Trinajstić information content (AvgIpc) is 2.38. The summed E-state index contributed by atoms with van der Waals surface area (Å²) in [7, 11) is -3.24. The Morgan fingerprint density at radius 3 is 3.00 bits per heavy atom. The first-order valence-electron chi connectivity index (χ1n) is 6.62. The Hall–Kier alpha value is -1.14. The Balaban J connectivity index is 2.27. The lowest BCUT2D eigenvalue weighted by Crippen LogP contribution is -2.37. The Bertz CT molecular complexity index is 528. The Labute approximate surface area is 114 Å². The Kier molecular flexibility index (Phi) is 4.42. The quantitative estimate of drug-likeness (QED) is 0.894. The van der Waals surface area contributed by atoms with E-state index >= 15 is 0 Å². The largest absolute Gasteiger partial charge is 0.355 e. The molecule has 19 heavy (non-hydrogen) atoms. The van der Waals surface area contributed by atoms with E-state index in [0.29, 0.717) is 23.2 Å². The predicted molar refractivity (Wildman–Crippen MR) is 76.0 cm³/mol. The van der Waals surface area contributed by atoms with Gasteiger partial charge in [-0.1, -0.05) is 0 Å². The third kappa shape index (κ3) is 3.45. The van der Waals surface area contributed by atoms with Crippen LogP contribution < -0.4 is 10.6 Å². The van der Waals surface area contributed by atoms with Crippen molar-refractivity contribution in [2.75, 3.05) is 30.8 Å². The summed E-state index contributed by atoms with van der Waals surface area (Å²) in [6, 6.07) is 3.30. The van der Waals surface area contributed by atoms with Crippen molar-refractivity contribution < 1.29 is 8.42 Å². The van der Waals surface area contributed by atoms with Gasteiger partial charge in [0.25, 0.3) is 0 Å². The van der Waals surface area contributed by atoms with E-state index in [4.69, 9.17) is 5.73 Å². The van der Waals surface area contributed by atoms with Crippen LogP contribution in [0.25, 0.3) is 0 Å². The number of nitrogens with zero attached hydrogens (tertiary/aromatic N) is 2. The van der Waals surface area contributed by atoms with E-state index in [0.717, 1.165) is 32.4 Å². The van der Waals surface area contributed by atoms with E-state index in [1.807, 2.05) is 0 Å². The van der Waals surface area contributed by atoms with Gasteiger partial charge in [0.05, 0.1) is 0 Å². The van der Waals surface area contributed by atoms with Crippen LogP contribution >= 0.6 is 0 Å². The molecule has 1 unspecified atom stereocenters. The standard InChI is InChI=1S/C13H21N3O2S/c1-19(17,18)12-5-2-8-15-13(12)16-9-3-4-11(10-16)6-7-14/h2,5,8,11H,3-4,6-7,9-10,14H2,1H3. The van der Waals surface area contributed by atoms with E-state index in [1.54, 1.807) is 18.3 Å². The molecule has 0 aliphatic carbocycles. The molecule has 6 heteroatoms. The van der Waals surface area contributed by atoms with E-state index in [-0.39, 0.29) is 0 Å². The summed E-state index contributed by atoms with van der Waals surface area (Å²) in [6.07, 6.45) is 6.09. The van der Waals surface area contributed by atoms with E-state index < -0.39 is 9.84 Å². The summed E-state index contributed by atoms with van der Waals surface area (Å²) in [6.45, 7) is 2.39. The van der Waals surface area contributed by atoms with Gasteiger partial charge in [0, 0.05) is 25.5 Å². The smallest absolute Gasteiger partial charge is 0.179 e. The van der Waals surface area contributed by atoms with Gasteiger partial charge in [-0.3, -0.25) is 0 Å². The van der Waals surface area contributed by atoms with Crippen LogP contribution in [0.15, 0.2) is 23.2 Å². The molecule has 1 saturated heterocycles. The zero-order valence-corrected chi connectivity index (χ0v) is 12.1. The highest BCUT2D eigenvalue weighted by atomic mass is 32.2. The van der Waals surface area contributed by atoms with E-state index in [9.17, 15) is 8.42 Å². The molecular formula is C13H21N3O2S. The minimum atomic E-state index is -3.24. The lowest BCUT2D eigenvalue weighted by atomic mass is 9.95. The maximum atomic E-state index is 11.8. The molecule has 0 saturated carbocycles. The van der Waals surface area contributed by atoms with Crippen LogP contribution in [0.4, 0.5) is 5.82 Å². The van der Waals surface area contributed by atoms with Gasteiger partial charge in [-0.15, -0.1) is 0 Å². The molecule has 106 valence electrons. The van der Waals surface area contributed by atoms with Gasteiger partial charge in [-0.2, -0.15) is 0 Å². The number of rotatable bonds is 4. The molecule has 1 aromatic heterocycles. The summed E-state index contributed by atoms with van der Waals surface area (Å²) in [5, 5.41) is 0. The zero-order chi connectivity index (χ0) is 13.9. The minimum absolute atomic E-state index is 0.323. The van der Waals surface area contributed by atoms with Crippen LogP contribution in [-0.2, 0) is 9.84 Å². The van der Waals surface area contributed by atoms with Gasteiger partial charge in [0.2, 0.25) is 0 Å². The van der Waals surface area contributed by atoms with Gasteiger partial charge in [0.1, 0.15) is 10.7 Å². The molecule has 1 fully saturated rings. The lowest BCUT2D eigenvalue weighted by molar-refractivity contribution is 0.393. The molecule has 0 amide bonds. The topological polar surface area (TPSA) is 76.3 Å². The number of sulfone groups is 1. The van der Waals surface area contributed by atoms with Crippen molar-refractivity contribution >= 4 is 15.7 Å². The Morgan fingerprint density at radius 2 is 2.32 bits per heavy atom. The minimum Gasteiger partial charge on any atom is -0.355 e. The molecule has 1 aliphatic rings. The SMILES string of the molecule is CS(=O)(=O)c1cccnc1N1CCCC(CCN)C1. The van der Waals surface area contributed by atoms with Gasteiger partial charge >= 0.3 is 0 Å². The van der Waals surface area contributed by atoms with Crippen molar-refractivity contribution in [1.29, 1.82) is 0 Å². The molecule has 0 radical (unpaired) electrons. The molecule has 2 N–H and O–H groups in total. The number of nitrogens with two attached hydrogens (primary N) is 1. The molecule has 2 rings (SSSR count). The maximum absolute atomic E-state index is 11.8. The van der Waals surface area contributed by atoms with Crippen molar-refractivity contribution in [3.8, 4) is 0 Å². The second kappa shape index (κ2) is 5.88. The average molecular weight is 283 g/mol. The summed E-state index contributed by atoms with van der Waals surface area (Å²) in [5.74, 6) is 1.12. The highest BCUT2D eigenvalue weighted by molar-refractivity contribution is 7.90. The first kappa shape index (κ1) is 14.3. The summed E-state index contributed by atoms with van der Waals surface area (Å²) < 4.78 is 23.6. The highest BCUT2D eigenvalue weighted by Crippen LogP contribution is 2.28. The summed E-state index contributed by atoms with van der Waals surface area (Å²) in [4.78, 5) is 6.69. The van der Waals surface area contributed by atoms with Crippen LogP contribution in [0.2, 0.25) is 0 Å². The van der Waals surface area contributed by atoms with E-state index in [1.165, 1.54) is 6.26 Å². The molecule has 1 aliphatic heterocycles. The fourth-order valence-electron chi connectivity index (χ4n) is 2.64. The lowest BCUT2D eigenvalue weighted by Gasteiger charge is -2.34. The van der Waals surface area contributed by atoms with Crippen LogP contribution in [0, 0.1) is 5.92 Å². The molecule has 1 atom stereocenters. The van der Waals surface area contributed by atoms with E-state index in [2.05, 4.69) is 9.88 Å². The van der Waals surface area contributed by atoms with Crippen LogP contribution in [0.3, 0.4) is 0 Å².